The number of amides is 1. The van der Waals surface area contributed by atoms with Gasteiger partial charge in [0.1, 0.15) is 16.5 Å². The fourth-order valence-corrected chi connectivity index (χ4v) is 3.04. The minimum atomic E-state index is -0.339. The van der Waals surface area contributed by atoms with Crippen molar-refractivity contribution in [2.75, 3.05) is 0 Å². The van der Waals surface area contributed by atoms with E-state index in [9.17, 15) is 9.18 Å². The highest BCUT2D eigenvalue weighted by atomic mass is 32.1. The topological polar surface area (TPSA) is 42.0 Å². The standard InChI is InChI=1S/C18H15FN2OS/c1-12-6-2-3-7-13(12)10-20-17(22)16-11-23-18(21-16)14-8-4-5-9-15(14)19/h2-9,11H,10H2,1H3,(H,20,22). The van der Waals surface area contributed by atoms with Crippen molar-refractivity contribution < 1.29 is 9.18 Å². The van der Waals surface area contributed by atoms with Crippen LogP contribution in [-0.2, 0) is 6.54 Å². The minimum Gasteiger partial charge on any atom is -0.347 e. The zero-order valence-corrected chi connectivity index (χ0v) is 13.4. The van der Waals surface area contributed by atoms with Gasteiger partial charge in [-0.05, 0) is 30.2 Å². The van der Waals surface area contributed by atoms with Crippen LogP contribution in [0.4, 0.5) is 4.39 Å². The molecule has 3 rings (SSSR count). The molecule has 2 aromatic carbocycles. The van der Waals surface area contributed by atoms with Gasteiger partial charge in [-0.3, -0.25) is 4.79 Å². The zero-order valence-electron chi connectivity index (χ0n) is 12.5. The van der Waals surface area contributed by atoms with Gasteiger partial charge in [0.05, 0.1) is 0 Å². The van der Waals surface area contributed by atoms with Crippen molar-refractivity contribution in [3.63, 3.8) is 0 Å². The van der Waals surface area contributed by atoms with Gasteiger partial charge in [0, 0.05) is 17.5 Å². The molecule has 0 spiro atoms. The fraction of sp³-hybridized carbons (Fsp3) is 0.111. The Hall–Kier alpha value is -2.53. The zero-order chi connectivity index (χ0) is 16.2. The van der Waals surface area contributed by atoms with Crippen molar-refractivity contribution in [2.45, 2.75) is 13.5 Å². The molecule has 0 fully saturated rings. The number of rotatable bonds is 4. The van der Waals surface area contributed by atoms with Crippen LogP contribution in [-0.4, -0.2) is 10.9 Å². The number of carbonyl (C=O) groups excluding carboxylic acids is 1. The van der Waals surface area contributed by atoms with Gasteiger partial charge in [-0.2, -0.15) is 0 Å². The normalized spacial score (nSPS) is 10.5. The lowest BCUT2D eigenvalue weighted by Crippen LogP contribution is -2.23. The molecule has 0 aliphatic heterocycles. The average Bonchev–Trinajstić information content (AvgIpc) is 3.04. The average molecular weight is 326 g/mol. The van der Waals surface area contributed by atoms with Crippen LogP contribution < -0.4 is 5.32 Å². The van der Waals surface area contributed by atoms with Crippen molar-refractivity contribution in [1.29, 1.82) is 0 Å². The summed E-state index contributed by atoms with van der Waals surface area (Å²) in [4.78, 5) is 16.4. The Kier molecular flexibility index (Phi) is 4.48. The molecule has 0 bridgehead atoms. The van der Waals surface area contributed by atoms with Crippen molar-refractivity contribution >= 4 is 17.2 Å². The molecule has 23 heavy (non-hydrogen) atoms. The number of aromatic nitrogens is 1. The van der Waals surface area contributed by atoms with Gasteiger partial charge < -0.3 is 5.32 Å². The van der Waals surface area contributed by atoms with Gasteiger partial charge >= 0.3 is 0 Å². The molecule has 1 amide bonds. The maximum Gasteiger partial charge on any atom is 0.271 e. The molecular formula is C18H15FN2OS. The largest absolute Gasteiger partial charge is 0.347 e. The molecule has 3 aromatic rings. The SMILES string of the molecule is Cc1ccccc1CNC(=O)c1csc(-c2ccccc2F)n1. The molecule has 0 saturated carbocycles. The van der Waals surface area contributed by atoms with E-state index in [0.29, 0.717) is 22.8 Å². The van der Waals surface area contributed by atoms with Gasteiger partial charge in [-0.1, -0.05) is 36.4 Å². The van der Waals surface area contributed by atoms with Crippen LogP contribution in [0.5, 0.6) is 0 Å². The molecule has 0 radical (unpaired) electrons. The predicted molar refractivity (Wildman–Crippen MR) is 89.9 cm³/mol. The summed E-state index contributed by atoms with van der Waals surface area (Å²) in [5, 5.41) is 5.00. The highest BCUT2D eigenvalue weighted by Gasteiger charge is 2.14. The van der Waals surface area contributed by atoms with Crippen LogP contribution in [0.1, 0.15) is 21.6 Å². The molecule has 1 N–H and O–H groups in total. The summed E-state index contributed by atoms with van der Waals surface area (Å²) in [6, 6.07) is 14.3. The Morgan fingerprint density at radius 2 is 1.91 bits per heavy atom. The highest BCUT2D eigenvalue weighted by Crippen LogP contribution is 2.26. The van der Waals surface area contributed by atoms with E-state index in [1.807, 2.05) is 31.2 Å². The molecule has 5 heteroatoms. The van der Waals surface area contributed by atoms with E-state index >= 15 is 0 Å². The van der Waals surface area contributed by atoms with Crippen molar-refractivity contribution in [3.8, 4) is 10.6 Å². The number of nitrogens with one attached hydrogen (secondary N) is 1. The Morgan fingerprint density at radius 1 is 1.17 bits per heavy atom. The maximum atomic E-state index is 13.8. The van der Waals surface area contributed by atoms with Gasteiger partial charge in [-0.25, -0.2) is 9.37 Å². The van der Waals surface area contributed by atoms with Gasteiger partial charge in [0.2, 0.25) is 0 Å². The van der Waals surface area contributed by atoms with Gasteiger partial charge in [0.15, 0.2) is 0 Å². The van der Waals surface area contributed by atoms with Crippen LogP contribution in [0.25, 0.3) is 10.6 Å². The molecule has 116 valence electrons. The van der Waals surface area contributed by atoms with E-state index in [-0.39, 0.29) is 11.7 Å². The molecule has 0 aliphatic rings. The quantitative estimate of drug-likeness (QED) is 0.781. The van der Waals surface area contributed by atoms with E-state index in [1.54, 1.807) is 23.6 Å². The molecular weight excluding hydrogens is 311 g/mol. The number of nitrogens with zero attached hydrogens (tertiary/aromatic N) is 1. The second-order valence-corrected chi connectivity index (χ2v) is 5.99. The summed E-state index contributed by atoms with van der Waals surface area (Å²) < 4.78 is 13.8. The summed E-state index contributed by atoms with van der Waals surface area (Å²) >= 11 is 1.26. The number of thiazole rings is 1. The molecule has 0 aliphatic carbocycles. The molecule has 0 saturated heterocycles. The summed E-state index contributed by atoms with van der Waals surface area (Å²) in [5.74, 6) is -0.596. The molecule has 0 atom stereocenters. The molecule has 3 nitrogen and oxygen atoms in total. The van der Waals surface area contributed by atoms with Crippen LogP contribution in [0, 0.1) is 12.7 Å². The highest BCUT2D eigenvalue weighted by molar-refractivity contribution is 7.13. The lowest BCUT2D eigenvalue weighted by molar-refractivity contribution is 0.0946. The van der Waals surface area contributed by atoms with Gasteiger partial charge in [-0.15, -0.1) is 11.3 Å². The first-order chi connectivity index (χ1) is 11.1. The monoisotopic (exact) mass is 326 g/mol. The summed E-state index contributed by atoms with van der Waals surface area (Å²) in [7, 11) is 0. The Labute approximate surface area is 137 Å². The van der Waals surface area contributed by atoms with Crippen LogP contribution in [0.3, 0.4) is 0 Å². The minimum absolute atomic E-state index is 0.257. The van der Waals surface area contributed by atoms with Crippen LogP contribution in [0.2, 0.25) is 0 Å². The number of hydrogen-bond donors (Lipinski definition) is 1. The molecule has 1 heterocycles. The van der Waals surface area contributed by atoms with Crippen molar-refractivity contribution in [1.82, 2.24) is 10.3 Å². The Balaban J connectivity index is 1.72. The van der Waals surface area contributed by atoms with E-state index in [1.165, 1.54) is 17.4 Å². The third-order valence-electron chi connectivity index (χ3n) is 3.54. The lowest BCUT2D eigenvalue weighted by Gasteiger charge is -2.06. The number of hydrogen-bond acceptors (Lipinski definition) is 3. The second kappa shape index (κ2) is 6.71. The first kappa shape index (κ1) is 15.4. The fourth-order valence-electron chi connectivity index (χ4n) is 2.21. The number of aryl methyl sites for hydroxylation is 1. The van der Waals surface area contributed by atoms with Crippen molar-refractivity contribution in [2.24, 2.45) is 0 Å². The molecule has 1 aromatic heterocycles. The molecule has 0 unspecified atom stereocenters. The first-order valence-corrected chi connectivity index (χ1v) is 8.06. The number of benzene rings is 2. The second-order valence-electron chi connectivity index (χ2n) is 5.13. The van der Waals surface area contributed by atoms with E-state index in [4.69, 9.17) is 0 Å². The summed E-state index contributed by atoms with van der Waals surface area (Å²) in [6.45, 7) is 2.44. The van der Waals surface area contributed by atoms with E-state index < -0.39 is 0 Å². The predicted octanol–water partition coefficient (Wildman–Crippen LogP) is 4.19. The van der Waals surface area contributed by atoms with E-state index in [2.05, 4.69) is 10.3 Å². The smallest absolute Gasteiger partial charge is 0.271 e. The first-order valence-electron chi connectivity index (χ1n) is 7.18. The summed E-state index contributed by atoms with van der Waals surface area (Å²) in [6.07, 6.45) is 0. The maximum absolute atomic E-state index is 13.8. The third-order valence-corrected chi connectivity index (χ3v) is 4.42. The van der Waals surface area contributed by atoms with Crippen LogP contribution in [0.15, 0.2) is 53.9 Å². The Bertz CT molecular complexity index is 844. The van der Waals surface area contributed by atoms with E-state index in [0.717, 1.165) is 11.1 Å². The van der Waals surface area contributed by atoms with Crippen LogP contribution >= 0.6 is 11.3 Å². The van der Waals surface area contributed by atoms with Crippen molar-refractivity contribution in [3.05, 3.63) is 76.5 Å². The lowest BCUT2D eigenvalue weighted by atomic mass is 10.1. The Morgan fingerprint density at radius 3 is 2.70 bits per heavy atom. The van der Waals surface area contributed by atoms with Gasteiger partial charge in [0.25, 0.3) is 5.91 Å². The number of carbonyl (C=O) groups is 1. The number of halogens is 1. The third kappa shape index (κ3) is 3.46. The summed E-state index contributed by atoms with van der Waals surface area (Å²) in [5.41, 5.74) is 2.90.